The summed E-state index contributed by atoms with van der Waals surface area (Å²) in [6, 6.07) is 13.6. The summed E-state index contributed by atoms with van der Waals surface area (Å²) in [6.07, 6.45) is 6.19. The molecule has 0 amide bonds. The second kappa shape index (κ2) is 7.84. The first-order valence-electron chi connectivity index (χ1n) is 10.9. The lowest BCUT2D eigenvalue weighted by atomic mass is 9.59. The monoisotopic (exact) mass is 452 g/mol. The molecule has 3 unspecified atom stereocenters. The lowest BCUT2D eigenvalue weighted by Gasteiger charge is -2.46. The Morgan fingerprint density at radius 2 is 2.00 bits per heavy atom. The Morgan fingerprint density at radius 1 is 1.22 bits per heavy atom. The smallest absolute Gasteiger partial charge is 0.123 e. The van der Waals surface area contributed by atoms with Crippen LogP contribution in [0.5, 0.6) is 0 Å². The SMILES string of the molecule is CC12Cc3cnn(-c4ccc(F)cc4)c3C=C1CCC2(CO)CC(O)c1cccc(Cl)c1. The van der Waals surface area contributed by atoms with Crippen LogP contribution in [0, 0.1) is 16.6 Å². The molecule has 0 radical (unpaired) electrons. The van der Waals surface area contributed by atoms with Gasteiger partial charge in [-0.05, 0) is 79.3 Å². The van der Waals surface area contributed by atoms with Crippen LogP contribution in [-0.2, 0) is 6.42 Å². The maximum atomic E-state index is 13.4. The molecule has 1 aromatic heterocycles. The fraction of sp³-hybridized carbons (Fsp3) is 0.346. The van der Waals surface area contributed by atoms with Gasteiger partial charge in [-0.1, -0.05) is 36.2 Å². The first kappa shape index (κ1) is 21.4. The molecule has 32 heavy (non-hydrogen) atoms. The van der Waals surface area contributed by atoms with Crippen molar-refractivity contribution < 1.29 is 14.6 Å². The number of allylic oxidation sites excluding steroid dienone is 1. The summed E-state index contributed by atoms with van der Waals surface area (Å²) < 4.78 is 15.2. The zero-order chi connectivity index (χ0) is 22.5. The Morgan fingerprint density at radius 3 is 2.72 bits per heavy atom. The van der Waals surface area contributed by atoms with Crippen LogP contribution in [0.25, 0.3) is 11.8 Å². The maximum absolute atomic E-state index is 13.4. The molecule has 0 bridgehead atoms. The number of aliphatic hydroxyl groups is 2. The highest BCUT2D eigenvalue weighted by molar-refractivity contribution is 6.30. The molecule has 1 fully saturated rings. The number of benzene rings is 2. The summed E-state index contributed by atoms with van der Waals surface area (Å²) in [4.78, 5) is 0. The van der Waals surface area contributed by atoms with Crippen LogP contribution in [0.2, 0.25) is 5.02 Å². The van der Waals surface area contributed by atoms with Gasteiger partial charge in [0.05, 0.1) is 23.7 Å². The topological polar surface area (TPSA) is 58.3 Å². The normalized spacial score (nSPS) is 25.2. The summed E-state index contributed by atoms with van der Waals surface area (Å²) in [6.45, 7) is 2.20. The van der Waals surface area contributed by atoms with Crippen molar-refractivity contribution in [2.45, 2.75) is 38.7 Å². The van der Waals surface area contributed by atoms with Crippen molar-refractivity contribution in [2.75, 3.05) is 6.61 Å². The third-order valence-corrected chi connectivity index (χ3v) is 7.92. The van der Waals surface area contributed by atoms with Crippen molar-refractivity contribution in [1.29, 1.82) is 0 Å². The number of halogens is 2. The van der Waals surface area contributed by atoms with Crippen LogP contribution in [-0.4, -0.2) is 26.6 Å². The molecular formula is C26H26ClFN2O2. The van der Waals surface area contributed by atoms with E-state index in [-0.39, 0.29) is 17.8 Å². The van der Waals surface area contributed by atoms with Gasteiger partial charge in [0, 0.05) is 22.5 Å². The Kier molecular flexibility index (Phi) is 5.24. The van der Waals surface area contributed by atoms with Crippen molar-refractivity contribution in [3.05, 3.63) is 88.0 Å². The van der Waals surface area contributed by atoms with E-state index in [1.807, 2.05) is 23.0 Å². The Hall–Kier alpha value is -2.47. The van der Waals surface area contributed by atoms with Gasteiger partial charge in [-0.2, -0.15) is 5.10 Å². The Balaban J connectivity index is 1.49. The highest BCUT2D eigenvalue weighted by Gasteiger charge is 2.56. The van der Waals surface area contributed by atoms with Gasteiger partial charge >= 0.3 is 0 Å². The molecule has 2 aliphatic carbocycles. The van der Waals surface area contributed by atoms with Crippen LogP contribution in [0.15, 0.2) is 60.3 Å². The number of hydrogen-bond donors (Lipinski definition) is 2. The summed E-state index contributed by atoms with van der Waals surface area (Å²) in [5.74, 6) is -0.275. The molecule has 6 heteroatoms. The summed E-state index contributed by atoms with van der Waals surface area (Å²) in [7, 11) is 0. The molecule has 2 aromatic carbocycles. The van der Waals surface area contributed by atoms with Crippen LogP contribution in [0.4, 0.5) is 4.39 Å². The standard InChI is InChI=1S/C26H26ClFN2O2/c1-25-13-18-15-29-30(22-7-5-21(28)6-8-22)23(18)12-19(25)9-10-26(25,16-31)14-24(32)17-3-2-4-20(27)11-17/h2-8,11-12,15,24,31-32H,9-10,13-14,16H2,1H3. The summed E-state index contributed by atoms with van der Waals surface area (Å²) in [5.41, 5.74) is 4.22. The Bertz CT molecular complexity index is 1190. The average molecular weight is 453 g/mol. The number of nitrogens with zero attached hydrogens (tertiary/aromatic N) is 2. The van der Waals surface area contributed by atoms with E-state index in [0.29, 0.717) is 11.4 Å². The molecular weight excluding hydrogens is 427 g/mol. The van der Waals surface area contributed by atoms with Crippen molar-refractivity contribution in [3.63, 3.8) is 0 Å². The van der Waals surface area contributed by atoms with Gasteiger partial charge < -0.3 is 10.2 Å². The zero-order valence-electron chi connectivity index (χ0n) is 17.9. The number of aromatic nitrogens is 2. The minimum Gasteiger partial charge on any atom is -0.396 e. The number of aliphatic hydroxyl groups excluding tert-OH is 2. The number of fused-ring (bicyclic) bond motifs is 2. The number of hydrogen-bond acceptors (Lipinski definition) is 3. The largest absolute Gasteiger partial charge is 0.396 e. The molecule has 0 saturated heterocycles. The van der Waals surface area contributed by atoms with Crippen LogP contribution in [0.3, 0.4) is 0 Å². The van der Waals surface area contributed by atoms with Crippen molar-refractivity contribution >= 4 is 17.7 Å². The number of rotatable bonds is 5. The lowest BCUT2D eigenvalue weighted by Crippen LogP contribution is -2.43. The molecule has 5 rings (SSSR count). The molecule has 0 aliphatic heterocycles. The van der Waals surface area contributed by atoms with Gasteiger partial charge in [-0.25, -0.2) is 9.07 Å². The van der Waals surface area contributed by atoms with E-state index in [4.69, 9.17) is 11.6 Å². The minimum absolute atomic E-state index is 0.000101. The molecule has 3 aromatic rings. The van der Waals surface area contributed by atoms with Gasteiger partial charge in [0.15, 0.2) is 0 Å². The molecule has 1 saturated carbocycles. The predicted octanol–water partition coefficient (Wildman–Crippen LogP) is 5.51. The van der Waals surface area contributed by atoms with E-state index in [1.165, 1.54) is 17.7 Å². The fourth-order valence-corrected chi connectivity index (χ4v) is 5.86. The molecule has 2 aliphatic rings. The van der Waals surface area contributed by atoms with Crippen LogP contribution in [0.1, 0.15) is 49.1 Å². The van der Waals surface area contributed by atoms with E-state index in [0.717, 1.165) is 41.8 Å². The van der Waals surface area contributed by atoms with Gasteiger partial charge in [0.2, 0.25) is 0 Å². The van der Waals surface area contributed by atoms with Gasteiger partial charge in [0.25, 0.3) is 0 Å². The van der Waals surface area contributed by atoms with Crippen molar-refractivity contribution in [1.82, 2.24) is 9.78 Å². The van der Waals surface area contributed by atoms with Crippen molar-refractivity contribution in [3.8, 4) is 5.69 Å². The summed E-state index contributed by atoms with van der Waals surface area (Å²) in [5, 5.41) is 26.8. The molecule has 4 nitrogen and oxygen atoms in total. The first-order valence-corrected chi connectivity index (χ1v) is 11.3. The van der Waals surface area contributed by atoms with E-state index in [2.05, 4.69) is 18.1 Å². The lowest BCUT2D eigenvalue weighted by molar-refractivity contribution is -0.0138. The molecule has 1 heterocycles. The van der Waals surface area contributed by atoms with Crippen LogP contribution < -0.4 is 0 Å². The molecule has 2 N–H and O–H groups in total. The highest BCUT2D eigenvalue weighted by Crippen LogP contribution is 2.62. The van der Waals surface area contributed by atoms with Gasteiger partial charge in [0.1, 0.15) is 5.82 Å². The quantitative estimate of drug-likeness (QED) is 0.537. The third kappa shape index (κ3) is 3.31. The van der Waals surface area contributed by atoms with E-state index >= 15 is 0 Å². The van der Waals surface area contributed by atoms with Crippen LogP contribution >= 0.6 is 11.6 Å². The van der Waals surface area contributed by atoms with Gasteiger partial charge in [-0.3, -0.25) is 0 Å². The van der Waals surface area contributed by atoms with E-state index < -0.39 is 11.5 Å². The zero-order valence-corrected chi connectivity index (χ0v) is 18.7. The highest BCUT2D eigenvalue weighted by atomic mass is 35.5. The van der Waals surface area contributed by atoms with Crippen molar-refractivity contribution in [2.24, 2.45) is 10.8 Å². The first-order chi connectivity index (χ1) is 15.3. The maximum Gasteiger partial charge on any atom is 0.123 e. The molecule has 166 valence electrons. The summed E-state index contributed by atoms with van der Waals surface area (Å²) >= 11 is 6.13. The Labute approximate surface area is 192 Å². The van der Waals surface area contributed by atoms with Gasteiger partial charge in [-0.15, -0.1) is 0 Å². The predicted molar refractivity (Wildman–Crippen MR) is 123 cm³/mol. The van der Waals surface area contributed by atoms with E-state index in [9.17, 15) is 14.6 Å². The third-order valence-electron chi connectivity index (χ3n) is 7.68. The fourth-order valence-electron chi connectivity index (χ4n) is 5.66. The second-order valence-electron chi connectivity index (χ2n) is 9.34. The average Bonchev–Trinajstić information content (AvgIpc) is 3.30. The molecule has 0 spiro atoms. The second-order valence-corrected chi connectivity index (χ2v) is 9.77. The van der Waals surface area contributed by atoms with E-state index in [1.54, 1.807) is 24.3 Å². The molecule has 3 atom stereocenters. The minimum atomic E-state index is -0.708.